The summed E-state index contributed by atoms with van der Waals surface area (Å²) in [5.41, 5.74) is 6.20. The Labute approximate surface area is 86.8 Å². The number of phenolic OH excluding ortho intramolecular Hbond substituents is 1. The third-order valence-corrected chi connectivity index (χ3v) is 2.09. The molecule has 0 saturated heterocycles. The molecule has 1 rings (SSSR count). The highest BCUT2D eigenvalue weighted by atomic mass is 35.5. The van der Waals surface area contributed by atoms with Gasteiger partial charge in [-0.1, -0.05) is 17.7 Å². The maximum absolute atomic E-state index is 9.57. The average Bonchev–Trinajstić information content (AvgIpc) is 2.11. The molecule has 76 valence electrons. The van der Waals surface area contributed by atoms with Gasteiger partial charge >= 0.3 is 0 Å². The number of nitrogens with one attached hydrogen (secondary N) is 1. The number of amidine groups is 1. The molecule has 0 aliphatic carbocycles. The molecule has 0 saturated carbocycles. The zero-order valence-corrected chi connectivity index (χ0v) is 8.43. The van der Waals surface area contributed by atoms with E-state index in [1.807, 2.05) is 0 Å². The Hall–Kier alpha value is -1.26. The zero-order chi connectivity index (χ0) is 10.7. The Bertz CT molecular complexity index is 366. The van der Waals surface area contributed by atoms with Crippen molar-refractivity contribution in [2.24, 2.45) is 5.73 Å². The number of hydrogen-bond donors (Lipinski definition) is 3. The maximum atomic E-state index is 9.57. The fourth-order valence-corrected chi connectivity index (χ4v) is 1.34. The van der Waals surface area contributed by atoms with Crippen LogP contribution in [0, 0.1) is 5.41 Å². The van der Waals surface area contributed by atoms with Crippen LogP contribution in [-0.4, -0.2) is 18.1 Å². The van der Waals surface area contributed by atoms with E-state index in [4.69, 9.17) is 27.5 Å². The Morgan fingerprint density at radius 3 is 2.79 bits per heavy atom. The third kappa shape index (κ3) is 1.97. The van der Waals surface area contributed by atoms with Gasteiger partial charge in [0, 0.05) is 7.11 Å². The number of benzene rings is 1. The van der Waals surface area contributed by atoms with Gasteiger partial charge in [-0.25, -0.2) is 0 Å². The molecule has 0 radical (unpaired) electrons. The molecule has 0 fully saturated rings. The first kappa shape index (κ1) is 10.8. The predicted octanol–water partition coefficient (Wildman–Crippen LogP) is 1.48. The first-order valence-electron chi connectivity index (χ1n) is 3.91. The van der Waals surface area contributed by atoms with Gasteiger partial charge in [-0.3, -0.25) is 5.41 Å². The minimum absolute atomic E-state index is 0.172. The van der Waals surface area contributed by atoms with Crippen LogP contribution in [-0.2, 0) is 11.3 Å². The molecule has 0 amide bonds. The first-order valence-corrected chi connectivity index (χ1v) is 4.29. The fourth-order valence-electron chi connectivity index (χ4n) is 1.18. The Kier molecular flexibility index (Phi) is 3.33. The van der Waals surface area contributed by atoms with Crippen LogP contribution in [0.4, 0.5) is 0 Å². The lowest BCUT2D eigenvalue weighted by atomic mass is 10.1. The quantitative estimate of drug-likeness (QED) is 0.527. The van der Waals surface area contributed by atoms with Crippen molar-refractivity contribution in [2.75, 3.05) is 7.11 Å². The molecule has 1 aromatic rings. The Balaban J connectivity index is 3.30. The van der Waals surface area contributed by atoms with Gasteiger partial charge in [-0.2, -0.15) is 0 Å². The highest BCUT2D eigenvalue weighted by Crippen LogP contribution is 2.29. The SMILES string of the molecule is COCc1ccc(Cl)c(O)c1C(=N)N. The van der Waals surface area contributed by atoms with Crippen molar-refractivity contribution < 1.29 is 9.84 Å². The van der Waals surface area contributed by atoms with Crippen LogP contribution in [0.5, 0.6) is 5.75 Å². The van der Waals surface area contributed by atoms with Crippen molar-refractivity contribution in [3.05, 3.63) is 28.3 Å². The van der Waals surface area contributed by atoms with Crippen molar-refractivity contribution in [1.82, 2.24) is 0 Å². The number of nitrogen functional groups attached to an aromatic ring is 1. The molecule has 0 spiro atoms. The van der Waals surface area contributed by atoms with Gasteiger partial charge in [-0.15, -0.1) is 0 Å². The first-order chi connectivity index (χ1) is 6.57. The third-order valence-electron chi connectivity index (χ3n) is 1.78. The number of phenols is 1. The summed E-state index contributed by atoms with van der Waals surface area (Å²) < 4.78 is 4.91. The minimum Gasteiger partial charge on any atom is -0.506 e. The molecule has 0 atom stereocenters. The second-order valence-electron chi connectivity index (χ2n) is 2.78. The molecule has 0 aliphatic heterocycles. The van der Waals surface area contributed by atoms with Crippen LogP contribution in [0.2, 0.25) is 5.02 Å². The highest BCUT2D eigenvalue weighted by molar-refractivity contribution is 6.32. The zero-order valence-electron chi connectivity index (χ0n) is 7.67. The molecule has 5 heteroatoms. The molecule has 0 bridgehead atoms. The summed E-state index contributed by atoms with van der Waals surface area (Å²) in [4.78, 5) is 0. The molecule has 4 nitrogen and oxygen atoms in total. The highest BCUT2D eigenvalue weighted by Gasteiger charge is 2.13. The number of halogens is 1. The Morgan fingerprint density at radius 1 is 1.64 bits per heavy atom. The number of ether oxygens (including phenoxy) is 1. The molecule has 0 aliphatic rings. The summed E-state index contributed by atoms with van der Waals surface area (Å²) >= 11 is 5.69. The van der Waals surface area contributed by atoms with Gasteiger partial charge in [0.2, 0.25) is 0 Å². The van der Waals surface area contributed by atoms with Crippen molar-refractivity contribution in [3.63, 3.8) is 0 Å². The lowest BCUT2D eigenvalue weighted by molar-refractivity contribution is 0.184. The fraction of sp³-hybridized carbons (Fsp3) is 0.222. The van der Waals surface area contributed by atoms with E-state index in [1.54, 1.807) is 6.07 Å². The summed E-state index contributed by atoms with van der Waals surface area (Å²) in [6, 6.07) is 3.21. The van der Waals surface area contributed by atoms with E-state index in [1.165, 1.54) is 13.2 Å². The average molecular weight is 215 g/mol. The molecule has 0 unspecified atom stereocenters. The molecular weight excluding hydrogens is 204 g/mol. The standard InChI is InChI=1S/C9H11ClN2O2/c1-14-4-5-2-3-6(10)8(13)7(5)9(11)12/h2-3,13H,4H2,1H3,(H3,11,12). The number of nitrogens with two attached hydrogens (primary N) is 1. The molecular formula is C9H11ClN2O2. The summed E-state index contributed by atoms with van der Waals surface area (Å²) in [6.45, 7) is 0.277. The Morgan fingerprint density at radius 2 is 2.29 bits per heavy atom. The van der Waals surface area contributed by atoms with Crippen molar-refractivity contribution in [1.29, 1.82) is 5.41 Å². The number of rotatable bonds is 3. The smallest absolute Gasteiger partial charge is 0.145 e. The minimum atomic E-state index is -0.225. The number of methoxy groups -OCH3 is 1. The van der Waals surface area contributed by atoms with Crippen LogP contribution < -0.4 is 5.73 Å². The molecule has 4 N–H and O–H groups in total. The number of hydrogen-bond acceptors (Lipinski definition) is 3. The van der Waals surface area contributed by atoms with Gasteiger partial charge in [0.1, 0.15) is 11.6 Å². The van der Waals surface area contributed by atoms with Gasteiger partial charge in [-0.05, 0) is 11.6 Å². The second kappa shape index (κ2) is 4.30. The number of aromatic hydroxyl groups is 1. The normalized spacial score (nSPS) is 10.1. The van der Waals surface area contributed by atoms with Crippen molar-refractivity contribution >= 4 is 17.4 Å². The monoisotopic (exact) mass is 214 g/mol. The van der Waals surface area contributed by atoms with Gasteiger partial charge in [0.25, 0.3) is 0 Å². The maximum Gasteiger partial charge on any atom is 0.145 e. The van der Waals surface area contributed by atoms with E-state index in [0.717, 1.165) is 0 Å². The van der Waals surface area contributed by atoms with E-state index in [0.29, 0.717) is 5.56 Å². The molecule has 14 heavy (non-hydrogen) atoms. The summed E-state index contributed by atoms with van der Waals surface area (Å²) in [7, 11) is 1.52. The van der Waals surface area contributed by atoms with E-state index < -0.39 is 0 Å². The summed E-state index contributed by atoms with van der Waals surface area (Å²) in [6.07, 6.45) is 0. The van der Waals surface area contributed by atoms with Gasteiger partial charge < -0.3 is 15.6 Å². The van der Waals surface area contributed by atoms with Crippen molar-refractivity contribution in [2.45, 2.75) is 6.61 Å². The van der Waals surface area contributed by atoms with Crippen LogP contribution in [0.3, 0.4) is 0 Å². The van der Waals surface area contributed by atoms with E-state index in [-0.39, 0.29) is 28.8 Å². The van der Waals surface area contributed by atoms with E-state index >= 15 is 0 Å². The van der Waals surface area contributed by atoms with Gasteiger partial charge in [0.15, 0.2) is 0 Å². The van der Waals surface area contributed by atoms with Crippen molar-refractivity contribution in [3.8, 4) is 5.75 Å². The lowest BCUT2D eigenvalue weighted by Crippen LogP contribution is -2.14. The lowest BCUT2D eigenvalue weighted by Gasteiger charge is -2.10. The van der Waals surface area contributed by atoms with Crippen LogP contribution in [0.15, 0.2) is 12.1 Å². The predicted molar refractivity (Wildman–Crippen MR) is 54.8 cm³/mol. The van der Waals surface area contributed by atoms with Crippen LogP contribution in [0.1, 0.15) is 11.1 Å². The molecule has 1 aromatic carbocycles. The topological polar surface area (TPSA) is 79.3 Å². The van der Waals surface area contributed by atoms with E-state index in [9.17, 15) is 5.11 Å². The van der Waals surface area contributed by atoms with Crippen LogP contribution >= 0.6 is 11.6 Å². The summed E-state index contributed by atoms with van der Waals surface area (Å²) in [5, 5.41) is 17.0. The second-order valence-corrected chi connectivity index (χ2v) is 3.18. The largest absolute Gasteiger partial charge is 0.506 e. The molecule has 0 aromatic heterocycles. The van der Waals surface area contributed by atoms with Crippen LogP contribution in [0.25, 0.3) is 0 Å². The van der Waals surface area contributed by atoms with E-state index in [2.05, 4.69) is 0 Å². The summed E-state index contributed by atoms with van der Waals surface area (Å²) in [5.74, 6) is -0.397. The van der Waals surface area contributed by atoms with Gasteiger partial charge in [0.05, 0.1) is 17.2 Å². The molecule has 0 heterocycles.